The molecular weight excluding hydrogens is 388 g/mol. The molecule has 0 saturated heterocycles. The second kappa shape index (κ2) is 9.52. The highest BCUT2D eigenvalue weighted by Crippen LogP contribution is 2.29. The molecule has 2 aromatic carbocycles. The third-order valence-corrected chi connectivity index (χ3v) is 3.96. The zero-order valence-electron chi connectivity index (χ0n) is 15.0. The van der Waals surface area contributed by atoms with Crippen LogP contribution in [0.25, 0.3) is 6.08 Å². The summed E-state index contributed by atoms with van der Waals surface area (Å²) in [6.07, 6.45) is 1.48. The Kier molecular flexibility index (Phi) is 7.11. The van der Waals surface area contributed by atoms with Crippen molar-refractivity contribution in [3.63, 3.8) is 0 Å². The Hall–Kier alpha value is -3.39. The van der Waals surface area contributed by atoms with Crippen molar-refractivity contribution >= 4 is 40.9 Å². The Labute approximate surface area is 165 Å². The number of nitrogens with one attached hydrogen (secondary N) is 1. The molecular formula is C19H17ClN2O6. The zero-order chi connectivity index (χ0) is 20.7. The highest BCUT2D eigenvalue weighted by atomic mass is 35.5. The summed E-state index contributed by atoms with van der Waals surface area (Å²) in [4.78, 5) is 34.5. The second-order valence-corrected chi connectivity index (χ2v) is 5.97. The number of hydrogen-bond donors (Lipinski definition) is 1. The predicted octanol–water partition coefficient (Wildman–Crippen LogP) is 3.84. The van der Waals surface area contributed by atoms with E-state index >= 15 is 0 Å². The first-order chi connectivity index (χ1) is 13.3. The largest absolute Gasteiger partial charge is 0.495 e. The normalized spacial score (nSPS) is 11.7. The third-order valence-electron chi connectivity index (χ3n) is 3.62. The summed E-state index contributed by atoms with van der Waals surface area (Å²) in [6.45, 7) is 1.38. The SMILES string of the molecule is COc1ccc([N+](=O)[O-])cc1NC(=O)[C@H](C)OC(=O)/C=C/c1ccccc1Cl. The first kappa shape index (κ1) is 20.9. The standard InChI is InChI=1S/C19H17ClN2O6/c1-12(28-18(23)10-7-13-5-3-4-6-15(13)20)19(24)21-16-11-14(22(25)26)8-9-17(16)27-2/h3-12H,1-2H3,(H,21,24)/b10-7+/t12-/m0/s1. The van der Waals surface area contributed by atoms with E-state index in [1.54, 1.807) is 24.3 Å². The minimum absolute atomic E-state index is 0.0937. The molecule has 0 aliphatic heterocycles. The van der Waals surface area contributed by atoms with Crippen LogP contribution in [0.4, 0.5) is 11.4 Å². The summed E-state index contributed by atoms with van der Waals surface area (Å²) in [6, 6.07) is 10.7. The first-order valence-electron chi connectivity index (χ1n) is 8.08. The van der Waals surface area contributed by atoms with Crippen molar-refractivity contribution in [2.75, 3.05) is 12.4 Å². The Bertz CT molecular complexity index is 928. The van der Waals surface area contributed by atoms with Gasteiger partial charge in [0.25, 0.3) is 11.6 Å². The molecule has 8 nitrogen and oxygen atoms in total. The van der Waals surface area contributed by atoms with E-state index < -0.39 is 22.9 Å². The second-order valence-electron chi connectivity index (χ2n) is 5.56. The molecule has 0 aromatic heterocycles. The maximum Gasteiger partial charge on any atom is 0.331 e. The number of benzene rings is 2. The fourth-order valence-electron chi connectivity index (χ4n) is 2.18. The van der Waals surface area contributed by atoms with Gasteiger partial charge in [-0.3, -0.25) is 14.9 Å². The van der Waals surface area contributed by atoms with Gasteiger partial charge in [-0.15, -0.1) is 0 Å². The minimum atomic E-state index is -1.15. The molecule has 0 heterocycles. The smallest absolute Gasteiger partial charge is 0.331 e. The fourth-order valence-corrected chi connectivity index (χ4v) is 2.38. The van der Waals surface area contributed by atoms with E-state index in [4.69, 9.17) is 21.1 Å². The fraction of sp³-hybridized carbons (Fsp3) is 0.158. The Morgan fingerprint density at radius 3 is 2.61 bits per heavy atom. The summed E-state index contributed by atoms with van der Waals surface area (Å²) in [5, 5.41) is 13.8. The maximum absolute atomic E-state index is 12.3. The number of amides is 1. The average Bonchev–Trinajstić information content (AvgIpc) is 2.67. The van der Waals surface area contributed by atoms with E-state index in [-0.39, 0.29) is 17.1 Å². The molecule has 0 aliphatic rings. The van der Waals surface area contributed by atoms with Gasteiger partial charge in [-0.1, -0.05) is 29.8 Å². The monoisotopic (exact) mass is 404 g/mol. The van der Waals surface area contributed by atoms with Gasteiger partial charge in [-0.25, -0.2) is 4.79 Å². The molecule has 0 saturated carbocycles. The lowest BCUT2D eigenvalue weighted by molar-refractivity contribution is -0.384. The van der Waals surface area contributed by atoms with Crippen LogP contribution in [-0.4, -0.2) is 30.0 Å². The molecule has 2 rings (SSSR count). The molecule has 0 aliphatic carbocycles. The van der Waals surface area contributed by atoms with Crippen molar-refractivity contribution < 1.29 is 24.0 Å². The maximum atomic E-state index is 12.3. The number of nitro benzene ring substituents is 1. The van der Waals surface area contributed by atoms with E-state index in [2.05, 4.69) is 5.32 Å². The van der Waals surface area contributed by atoms with Gasteiger partial charge >= 0.3 is 5.97 Å². The number of esters is 1. The zero-order valence-corrected chi connectivity index (χ0v) is 15.8. The van der Waals surface area contributed by atoms with Crippen molar-refractivity contribution in [2.24, 2.45) is 0 Å². The van der Waals surface area contributed by atoms with Gasteiger partial charge in [0.2, 0.25) is 0 Å². The van der Waals surface area contributed by atoms with E-state index in [9.17, 15) is 19.7 Å². The molecule has 0 bridgehead atoms. The van der Waals surface area contributed by atoms with Crippen LogP contribution < -0.4 is 10.1 Å². The molecule has 0 fully saturated rings. The van der Waals surface area contributed by atoms with Crippen LogP contribution in [0.2, 0.25) is 5.02 Å². The molecule has 1 N–H and O–H groups in total. The van der Waals surface area contributed by atoms with Crippen LogP contribution in [0.1, 0.15) is 12.5 Å². The number of nitro groups is 1. The number of anilines is 1. The van der Waals surface area contributed by atoms with Gasteiger partial charge in [0.05, 0.1) is 17.7 Å². The van der Waals surface area contributed by atoms with Crippen LogP contribution in [0.15, 0.2) is 48.5 Å². The number of rotatable bonds is 7. The van der Waals surface area contributed by atoms with Gasteiger partial charge < -0.3 is 14.8 Å². The van der Waals surface area contributed by atoms with Crippen molar-refractivity contribution in [1.29, 1.82) is 0 Å². The predicted molar refractivity (Wildman–Crippen MR) is 104 cm³/mol. The number of ether oxygens (including phenoxy) is 2. The van der Waals surface area contributed by atoms with E-state index in [1.807, 2.05) is 0 Å². The summed E-state index contributed by atoms with van der Waals surface area (Å²) >= 11 is 5.99. The quantitative estimate of drug-likeness (QED) is 0.325. The van der Waals surface area contributed by atoms with Gasteiger partial charge in [0, 0.05) is 23.2 Å². The molecule has 28 heavy (non-hydrogen) atoms. The van der Waals surface area contributed by atoms with Crippen LogP contribution in [0.5, 0.6) is 5.75 Å². The van der Waals surface area contributed by atoms with E-state index in [0.29, 0.717) is 10.6 Å². The lowest BCUT2D eigenvalue weighted by Crippen LogP contribution is -2.29. The van der Waals surface area contributed by atoms with Gasteiger partial charge in [0.1, 0.15) is 5.75 Å². The number of hydrogen-bond acceptors (Lipinski definition) is 6. The van der Waals surface area contributed by atoms with Gasteiger partial charge in [0.15, 0.2) is 6.10 Å². The topological polar surface area (TPSA) is 108 Å². The highest BCUT2D eigenvalue weighted by Gasteiger charge is 2.20. The average molecular weight is 405 g/mol. The number of carbonyl (C=O) groups excluding carboxylic acids is 2. The van der Waals surface area contributed by atoms with Crippen LogP contribution >= 0.6 is 11.6 Å². The molecule has 146 valence electrons. The summed E-state index contributed by atoms with van der Waals surface area (Å²) in [5.41, 5.74) is 0.499. The lowest BCUT2D eigenvalue weighted by atomic mass is 10.2. The highest BCUT2D eigenvalue weighted by molar-refractivity contribution is 6.32. The molecule has 1 atom stereocenters. The Morgan fingerprint density at radius 1 is 1.25 bits per heavy atom. The Morgan fingerprint density at radius 2 is 1.96 bits per heavy atom. The van der Waals surface area contributed by atoms with Crippen molar-refractivity contribution in [2.45, 2.75) is 13.0 Å². The molecule has 2 aromatic rings. The van der Waals surface area contributed by atoms with Crippen molar-refractivity contribution in [1.82, 2.24) is 0 Å². The third kappa shape index (κ3) is 5.55. The van der Waals surface area contributed by atoms with Crippen LogP contribution in [-0.2, 0) is 14.3 Å². The number of carbonyl (C=O) groups is 2. The Balaban J connectivity index is 2.03. The molecule has 0 spiro atoms. The molecule has 0 unspecified atom stereocenters. The van der Waals surface area contributed by atoms with Crippen LogP contribution in [0, 0.1) is 10.1 Å². The minimum Gasteiger partial charge on any atom is -0.495 e. The number of nitrogens with zero attached hydrogens (tertiary/aromatic N) is 1. The lowest BCUT2D eigenvalue weighted by Gasteiger charge is -2.14. The van der Waals surface area contributed by atoms with E-state index in [1.165, 1.54) is 32.2 Å². The van der Waals surface area contributed by atoms with E-state index in [0.717, 1.165) is 12.1 Å². The van der Waals surface area contributed by atoms with Gasteiger partial charge in [-0.2, -0.15) is 0 Å². The first-order valence-corrected chi connectivity index (χ1v) is 8.46. The van der Waals surface area contributed by atoms with Crippen molar-refractivity contribution in [3.8, 4) is 5.75 Å². The molecule has 9 heteroatoms. The summed E-state index contributed by atoms with van der Waals surface area (Å²) in [5.74, 6) is -1.18. The number of methoxy groups -OCH3 is 1. The number of non-ortho nitro benzene ring substituents is 1. The van der Waals surface area contributed by atoms with Crippen molar-refractivity contribution in [3.05, 3.63) is 69.2 Å². The van der Waals surface area contributed by atoms with Crippen LogP contribution in [0.3, 0.4) is 0 Å². The summed E-state index contributed by atoms with van der Waals surface area (Å²) < 4.78 is 10.1. The van der Waals surface area contributed by atoms with Gasteiger partial charge in [-0.05, 0) is 30.7 Å². The molecule has 0 radical (unpaired) electrons. The summed E-state index contributed by atoms with van der Waals surface area (Å²) in [7, 11) is 1.36. The number of halogens is 1. The molecule has 1 amide bonds.